The Labute approximate surface area is 297 Å². The number of nitrogens with zero attached hydrogens (tertiary/aromatic N) is 1. The van der Waals surface area contributed by atoms with Gasteiger partial charge in [0.2, 0.25) is 11.8 Å². The van der Waals surface area contributed by atoms with Crippen molar-refractivity contribution >= 4 is 31.8 Å². The summed E-state index contributed by atoms with van der Waals surface area (Å²) in [5.41, 5.74) is -0.796. The number of methoxy groups -OCH3 is 3. The van der Waals surface area contributed by atoms with Crippen LogP contribution in [0.3, 0.4) is 0 Å². The monoisotopic (exact) mass is 735 g/mol. The van der Waals surface area contributed by atoms with Crippen LogP contribution in [-0.4, -0.2) is 91.9 Å². The molecule has 1 saturated heterocycles. The van der Waals surface area contributed by atoms with Crippen LogP contribution in [0, 0.1) is 0 Å². The minimum absolute atomic E-state index is 0.129. The third kappa shape index (κ3) is 9.67. The number of aliphatic hydroxyl groups is 1. The van der Waals surface area contributed by atoms with Crippen LogP contribution in [-0.2, 0) is 32.9 Å². The van der Waals surface area contributed by atoms with Gasteiger partial charge in [0.1, 0.15) is 35.5 Å². The number of ether oxygens (including phenoxy) is 5. The quantitative estimate of drug-likeness (QED) is 0.123. The molecule has 2 aromatic carbocycles. The van der Waals surface area contributed by atoms with Crippen LogP contribution in [0.4, 0.5) is 4.39 Å². The lowest BCUT2D eigenvalue weighted by molar-refractivity contribution is -0.213. The van der Waals surface area contributed by atoms with Crippen LogP contribution in [0.25, 0.3) is 12.2 Å². The average molecular weight is 736 g/mol. The van der Waals surface area contributed by atoms with Crippen molar-refractivity contribution in [2.75, 3.05) is 27.9 Å². The first kappa shape index (κ1) is 39.8. The molecule has 2 aliphatic rings. The van der Waals surface area contributed by atoms with E-state index in [1.165, 1.54) is 31.2 Å². The van der Waals surface area contributed by atoms with Crippen molar-refractivity contribution in [1.29, 1.82) is 0 Å². The highest BCUT2D eigenvalue weighted by Crippen LogP contribution is 2.47. The minimum Gasteiger partial charge on any atom is -0.497 e. The van der Waals surface area contributed by atoms with E-state index in [0.717, 1.165) is 18.1 Å². The molecule has 1 amide bonds. The fraction of sp³-hybridized carbons (Fsp3) is 0.486. The molecule has 7 atom stereocenters. The molecule has 2 heterocycles. The predicted octanol–water partition coefficient (Wildman–Crippen LogP) is 4.78. The van der Waals surface area contributed by atoms with Crippen molar-refractivity contribution in [3.05, 3.63) is 65.9 Å². The molecule has 2 aromatic rings. The molecular formula is C35H47FN3O11P. The van der Waals surface area contributed by atoms with E-state index in [1.807, 2.05) is 24.3 Å². The number of benzene rings is 2. The third-order valence-corrected chi connectivity index (χ3v) is 9.88. The van der Waals surface area contributed by atoms with Gasteiger partial charge in [-0.05, 0) is 62.6 Å². The maximum Gasteiger partial charge on any atom is 0.459 e. The normalized spacial score (nSPS) is 26.5. The van der Waals surface area contributed by atoms with Crippen molar-refractivity contribution in [2.24, 2.45) is 0 Å². The van der Waals surface area contributed by atoms with Crippen molar-refractivity contribution in [2.45, 2.75) is 83.1 Å². The number of carbonyl (C=O) groups is 2. The maximum absolute atomic E-state index is 16.2. The van der Waals surface area contributed by atoms with Gasteiger partial charge in [-0.25, -0.2) is 8.96 Å². The maximum atomic E-state index is 16.2. The molecule has 1 fully saturated rings. The number of hydrogen-bond acceptors (Lipinski definition) is 12. The van der Waals surface area contributed by atoms with E-state index in [4.69, 9.17) is 32.7 Å². The summed E-state index contributed by atoms with van der Waals surface area (Å²) >= 11 is 0. The van der Waals surface area contributed by atoms with Gasteiger partial charge in [0, 0.05) is 32.4 Å². The predicted molar refractivity (Wildman–Crippen MR) is 186 cm³/mol. The van der Waals surface area contributed by atoms with Gasteiger partial charge in [-0.3, -0.25) is 14.1 Å². The Morgan fingerprint density at radius 3 is 2.27 bits per heavy atom. The molecule has 0 spiro atoms. The lowest BCUT2D eigenvalue weighted by atomic mass is 9.97. The largest absolute Gasteiger partial charge is 0.497 e. The molecule has 280 valence electrons. The van der Waals surface area contributed by atoms with Gasteiger partial charge in [-0.2, -0.15) is 5.09 Å². The number of hydrogen-bond donors (Lipinski definition) is 3. The van der Waals surface area contributed by atoms with E-state index in [1.54, 1.807) is 65.3 Å². The Bertz CT molecular complexity index is 1610. The highest BCUT2D eigenvalue weighted by atomic mass is 31.2. The second-order valence-corrected chi connectivity index (χ2v) is 14.2. The number of rotatable bonds is 16. The molecule has 0 radical (unpaired) electrons. The van der Waals surface area contributed by atoms with Crippen molar-refractivity contribution in [1.82, 2.24) is 15.3 Å². The number of aliphatic hydroxyl groups excluding tert-OH is 1. The highest BCUT2D eigenvalue weighted by molar-refractivity contribution is 7.52. The zero-order valence-electron chi connectivity index (χ0n) is 30.0. The lowest BCUT2D eigenvalue weighted by Gasteiger charge is -2.46. The molecule has 2 unspecified atom stereocenters. The first-order chi connectivity index (χ1) is 24.1. The fourth-order valence-electron chi connectivity index (χ4n) is 5.41. The zero-order valence-corrected chi connectivity index (χ0v) is 30.8. The summed E-state index contributed by atoms with van der Waals surface area (Å²) in [6, 6.07) is 10.9. The summed E-state index contributed by atoms with van der Waals surface area (Å²) in [6.07, 6.45) is 1.31. The summed E-state index contributed by atoms with van der Waals surface area (Å²) < 4.78 is 69.5. The first-order valence-corrected chi connectivity index (χ1v) is 17.9. The fourth-order valence-corrected chi connectivity index (χ4v) is 7.00. The van der Waals surface area contributed by atoms with E-state index in [0.29, 0.717) is 11.5 Å². The molecule has 0 bridgehead atoms. The molecule has 4 rings (SSSR count). The van der Waals surface area contributed by atoms with E-state index in [2.05, 4.69) is 10.4 Å². The topological polar surface area (TPSA) is 163 Å². The summed E-state index contributed by atoms with van der Waals surface area (Å²) in [7, 11) is 0.0178. The number of halogens is 1. The molecule has 16 heteroatoms. The molecule has 14 nitrogen and oxygen atoms in total. The van der Waals surface area contributed by atoms with Crippen LogP contribution in [0.5, 0.6) is 17.2 Å². The van der Waals surface area contributed by atoms with Crippen molar-refractivity contribution in [3.63, 3.8) is 0 Å². The zero-order chi connectivity index (χ0) is 37.6. The van der Waals surface area contributed by atoms with Crippen LogP contribution < -0.4 is 24.4 Å². The molecular weight excluding hydrogens is 688 g/mol. The van der Waals surface area contributed by atoms with Crippen LogP contribution in [0.15, 0.2) is 54.7 Å². The number of alkyl halides is 1. The van der Waals surface area contributed by atoms with E-state index in [-0.39, 0.29) is 12.2 Å². The minimum atomic E-state index is -4.44. The first-order valence-electron chi connectivity index (χ1n) is 16.4. The Morgan fingerprint density at radius 1 is 1.08 bits per heavy atom. The number of carbonyl (C=O) groups excluding carboxylic acids is 2. The molecule has 51 heavy (non-hydrogen) atoms. The molecule has 0 aliphatic carbocycles. The van der Waals surface area contributed by atoms with Gasteiger partial charge in [0.25, 0.3) is 0 Å². The second-order valence-electron chi connectivity index (χ2n) is 12.5. The van der Waals surface area contributed by atoms with E-state index >= 15 is 4.39 Å². The van der Waals surface area contributed by atoms with Crippen molar-refractivity contribution in [3.8, 4) is 17.2 Å². The number of amides is 1. The third-order valence-electron chi connectivity index (χ3n) is 8.32. The summed E-state index contributed by atoms with van der Waals surface area (Å²) in [6.45, 7) is 7.05. The SMILES string of the molecule is CC[C@H](NP(=O)(OC[C@H]1O[C@@H](N2C=CC(=O)NC2(C)OC)[C@](C)(F)[C@@H]1O)Oc1ccc(/C=C/c2cc(OC)cc(OC)c2)cc1)C(=O)OC(C)C. The van der Waals surface area contributed by atoms with Crippen LogP contribution in [0.2, 0.25) is 0 Å². The van der Waals surface area contributed by atoms with Gasteiger partial charge in [-0.15, -0.1) is 0 Å². The van der Waals surface area contributed by atoms with Gasteiger partial charge < -0.3 is 43.5 Å². The van der Waals surface area contributed by atoms with Gasteiger partial charge in [0.05, 0.1) is 26.9 Å². The van der Waals surface area contributed by atoms with Crippen LogP contribution >= 0.6 is 7.75 Å². The highest BCUT2D eigenvalue weighted by Gasteiger charge is 2.59. The standard InChI is InChI=1S/C35H47FN3O11P/c1-9-28(32(42)48-22(2)3)38-51(43,50-25-14-12-23(13-15-25)10-11-24-18-26(44-6)20-27(19-24)45-7)47-21-29-31(41)34(4,36)33(49-29)39-17-16-30(40)37-35(39,5)46-8/h10-20,22,28-29,31,33,41H,9,21H2,1-8H3,(H,37,40)(H,38,43)/b11-10+/t28-,29+,31+,33+,34+,35?,51?/m0/s1. The van der Waals surface area contributed by atoms with Crippen molar-refractivity contribution < 1.29 is 56.4 Å². The molecule has 2 aliphatic heterocycles. The molecule has 0 aromatic heterocycles. The Balaban J connectivity index is 1.55. The van der Waals surface area contributed by atoms with E-state index < -0.39 is 68.3 Å². The smallest absolute Gasteiger partial charge is 0.459 e. The average Bonchev–Trinajstić information content (AvgIpc) is 3.32. The molecule has 0 saturated carbocycles. The van der Waals surface area contributed by atoms with E-state index in [9.17, 15) is 19.3 Å². The van der Waals surface area contributed by atoms with Gasteiger partial charge in [0.15, 0.2) is 11.9 Å². The summed E-state index contributed by atoms with van der Waals surface area (Å²) in [5, 5.41) is 16.3. The summed E-state index contributed by atoms with van der Waals surface area (Å²) in [5.74, 6) is -1.26. The Morgan fingerprint density at radius 2 is 1.71 bits per heavy atom. The second kappa shape index (κ2) is 16.6. The molecule has 3 N–H and O–H groups in total. The lowest BCUT2D eigenvalue weighted by Crippen LogP contribution is -2.66. The number of esters is 1. The van der Waals surface area contributed by atoms with Crippen LogP contribution in [0.1, 0.15) is 52.2 Å². The Hall–Kier alpha value is -3.98. The Kier molecular flexibility index (Phi) is 12.9. The van der Waals surface area contributed by atoms with Gasteiger partial charge >= 0.3 is 13.7 Å². The number of nitrogens with one attached hydrogen (secondary N) is 2. The van der Waals surface area contributed by atoms with Gasteiger partial charge in [-0.1, -0.05) is 31.2 Å². The summed E-state index contributed by atoms with van der Waals surface area (Å²) in [4.78, 5) is 26.1.